The second-order valence-corrected chi connectivity index (χ2v) is 15.0. The summed E-state index contributed by atoms with van der Waals surface area (Å²) in [5.74, 6) is 2.68. The van der Waals surface area contributed by atoms with E-state index in [1.54, 1.807) is 0 Å². The highest BCUT2D eigenvalue weighted by Crippen LogP contribution is 2.60. The van der Waals surface area contributed by atoms with Crippen LogP contribution in [-0.4, -0.2) is 70.6 Å². The molecule has 6 nitrogen and oxygen atoms in total. The first-order valence-corrected chi connectivity index (χ1v) is 18.2. The average molecular weight is 593 g/mol. The molecule has 0 unspecified atom stereocenters. The molecule has 3 fully saturated rings. The van der Waals surface area contributed by atoms with Gasteiger partial charge in [-0.05, 0) is 144 Å². The minimum atomic E-state index is -0.341. The van der Waals surface area contributed by atoms with Crippen LogP contribution in [0.2, 0.25) is 0 Å². The Bertz CT molecular complexity index is 771. The highest BCUT2D eigenvalue weighted by Gasteiger charge is 2.56. The number of nitrogens with zero attached hydrogens (tertiary/aromatic N) is 1. The molecule has 3 aliphatic rings. The van der Waals surface area contributed by atoms with E-state index in [0.717, 1.165) is 77.3 Å². The molecule has 0 aromatic heterocycles. The van der Waals surface area contributed by atoms with Gasteiger partial charge in [0.15, 0.2) is 0 Å². The van der Waals surface area contributed by atoms with E-state index in [1.807, 2.05) is 0 Å². The van der Waals surface area contributed by atoms with E-state index >= 15 is 0 Å². The molecule has 0 heterocycles. The number of rotatable bonds is 18. The highest BCUT2D eigenvalue weighted by molar-refractivity contribution is 5.75. The van der Waals surface area contributed by atoms with Crippen molar-refractivity contribution in [1.29, 1.82) is 0 Å². The van der Waals surface area contributed by atoms with Crippen molar-refractivity contribution < 1.29 is 20.1 Å². The monoisotopic (exact) mass is 593 g/mol. The van der Waals surface area contributed by atoms with E-state index in [1.165, 1.54) is 45.2 Å². The SMILES string of the molecule is CCCCN(CCCC)CCCNC(=O)CC[C@@H](C)[C@H]1CC[C@@H]([C@@H]2[C@H](O)C[C@@H]3C[C@H](O)CC[C@]3(C)[C@H]2C[C@H](O)CC)C1. The molecule has 0 saturated heterocycles. The Morgan fingerprint density at radius 1 is 0.976 bits per heavy atom. The molecule has 1 amide bonds. The molecule has 3 saturated carbocycles. The van der Waals surface area contributed by atoms with Gasteiger partial charge in [0.25, 0.3) is 0 Å². The number of carbonyl (C=O) groups is 1. The Morgan fingerprint density at radius 3 is 2.33 bits per heavy atom. The van der Waals surface area contributed by atoms with Crippen molar-refractivity contribution in [2.24, 2.45) is 40.9 Å². The maximum absolute atomic E-state index is 12.7. The van der Waals surface area contributed by atoms with Gasteiger partial charge in [-0.2, -0.15) is 0 Å². The van der Waals surface area contributed by atoms with E-state index < -0.39 is 0 Å². The number of hydrogen-bond donors (Lipinski definition) is 4. The van der Waals surface area contributed by atoms with Crippen molar-refractivity contribution in [1.82, 2.24) is 10.2 Å². The molecule has 0 bridgehead atoms. The maximum atomic E-state index is 12.7. The van der Waals surface area contributed by atoms with Gasteiger partial charge in [0.2, 0.25) is 5.91 Å². The van der Waals surface area contributed by atoms with Gasteiger partial charge < -0.3 is 25.5 Å². The Labute approximate surface area is 258 Å². The number of nitrogens with one attached hydrogen (secondary N) is 1. The summed E-state index contributed by atoms with van der Waals surface area (Å²) < 4.78 is 0. The number of amides is 1. The van der Waals surface area contributed by atoms with Gasteiger partial charge in [-0.25, -0.2) is 0 Å². The molecule has 3 aliphatic carbocycles. The van der Waals surface area contributed by atoms with Gasteiger partial charge in [0, 0.05) is 13.0 Å². The van der Waals surface area contributed by atoms with Crippen LogP contribution in [0.25, 0.3) is 0 Å². The molecule has 10 atom stereocenters. The van der Waals surface area contributed by atoms with Gasteiger partial charge >= 0.3 is 0 Å². The normalized spacial score (nSPS) is 34.7. The van der Waals surface area contributed by atoms with Crippen molar-refractivity contribution in [3.63, 3.8) is 0 Å². The summed E-state index contributed by atoms with van der Waals surface area (Å²) in [4.78, 5) is 15.2. The van der Waals surface area contributed by atoms with E-state index in [0.29, 0.717) is 36.0 Å². The molecule has 0 aromatic rings. The maximum Gasteiger partial charge on any atom is 0.220 e. The van der Waals surface area contributed by atoms with Gasteiger partial charge in [-0.15, -0.1) is 0 Å². The Morgan fingerprint density at radius 2 is 1.67 bits per heavy atom. The average Bonchev–Trinajstić information content (AvgIpc) is 3.46. The fraction of sp³-hybridized carbons (Fsp3) is 0.972. The first-order chi connectivity index (χ1) is 20.1. The van der Waals surface area contributed by atoms with E-state index in [9.17, 15) is 20.1 Å². The molecule has 0 radical (unpaired) electrons. The summed E-state index contributed by atoms with van der Waals surface area (Å²) in [6.45, 7) is 15.5. The smallest absolute Gasteiger partial charge is 0.220 e. The zero-order chi connectivity index (χ0) is 30.7. The molecular weight excluding hydrogens is 524 g/mol. The molecule has 42 heavy (non-hydrogen) atoms. The van der Waals surface area contributed by atoms with Crippen molar-refractivity contribution >= 4 is 5.91 Å². The van der Waals surface area contributed by atoms with Crippen LogP contribution in [0.4, 0.5) is 0 Å². The van der Waals surface area contributed by atoms with Crippen molar-refractivity contribution in [2.75, 3.05) is 26.2 Å². The molecule has 4 N–H and O–H groups in total. The van der Waals surface area contributed by atoms with Crippen LogP contribution in [0, 0.1) is 40.9 Å². The minimum Gasteiger partial charge on any atom is -0.393 e. The lowest BCUT2D eigenvalue weighted by atomic mass is 9.48. The van der Waals surface area contributed by atoms with Gasteiger partial charge in [-0.1, -0.05) is 47.5 Å². The fourth-order valence-corrected chi connectivity index (χ4v) is 9.17. The summed E-state index contributed by atoms with van der Waals surface area (Å²) >= 11 is 0. The lowest BCUT2D eigenvalue weighted by molar-refractivity contribution is -0.145. The van der Waals surface area contributed by atoms with Gasteiger partial charge in [-0.3, -0.25) is 4.79 Å². The van der Waals surface area contributed by atoms with Crippen LogP contribution in [0.3, 0.4) is 0 Å². The Hall–Kier alpha value is -0.690. The first kappa shape index (κ1) is 35.8. The van der Waals surface area contributed by atoms with Crippen LogP contribution >= 0.6 is 0 Å². The number of aliphatic hydroxyl groups excluding tert-OH is 3. The van der Waals surface area contributed by atoms with Gasteiger partial charge in [0.05, 0.1) is 18.3 Å². The Balaban J connectivity index is 1.47. The van der Waals surface area contributed by atoms with E-state index in [2.05, 4.69) is 44.8 Å². The third-order valence-corrected chi connectivity index (χ3v) is 12.1. The van der Waals surface area contributed by atoms with Crippen LogP contribution in [0.15, 0.2) is 0 Å². The fourth-order valence-electron chi connectivity index (χ4n) is 9.17. The van der Waals surface area contributed by atoms with Crippen LogP contribution in [-0.2, 0) is 4.79 Å². The zero-order valence-corrected chi connectivity index (χ0v) is 28.0. The molecule has 0 aliphatic heterocycles. The second-order valence-electron chi connectivity index (χ2n) is 15.0. The predicted octanol–water partition coefficient (Wildman–Crippen LogP) is 6.55. The summed E-state index contributed by atoms with van der Waals surface area (Å²) in [5, 5.41) is 35.9. The summed E-state index contributed by atoms with van der Waals surface area (Å²) in [6, 6.07) is 0. The predicted molar refractivity (Wildman–Crippen MR) is 173 cm³/mol. The largest absolute Gasteiger partial charge is 0.393 e. The van der Waals surface area contributed by atoms with Crippen molar-refractivity contribution in [3.8, 4) is 0 Å². The number of fused-ring (bicyclic) bond motifs is 1. The summed E-state index contributed by atoms with van der Waals surface area (Å²) in [7, 11) is 0. The van der Waals surface area contributed by atoms with Crippen LogP contribution in [0.5, 0.6) is 0 Å². The quantitative estimate of drug-likeness (QED) is 0.135. The standard InChI is InChI=1S/C36H68N2O4/c1-6-9-19-38(20-10-7-2)21-11-18-37-34(42)15-12-26(4)27-13-14-28(22-27)35-32(25-30(39)8-3)36(5)17-16-31(40)23-29(36)24-33(35)41/h26-33,35,39-41H,6-25H2,1-5H3,(H,37,42)/t26-,27+,28-,29+,30-,31-,32+,33-,35+,36+/m1/s1. The first-order valence-electron chi connectivity index (χ1n) is 18.2. The molecule has 3 rings (SSSR count). The third kappa shape index (κ3) is 9.91. The zero-order valence-electron chi connectivity index (χ0n) is 28.0. The number of aliphatic hydroxyl groups is 3. The molecule has 246 valence electrons. The number of carbonyl (C=O) groups excluding carboxylic acids is 1. The molecule has 6 heteroatoms. The topological polar surface area (TPSA) is 93.0 Å². The molecular formula is C36H68N2O4. The number of unbranched alkanes of at least 4 members (excludes halogenated alkanes) is 2. The third-order valence-electron chi connectivity index (χ3n) is 12.1. The lowest BCUT2D eigenvalue weighted by Gasteiger charge is -2.58. The van der Waals surface area contributed by atoms with Crippen LogP contribution < -0.4 is 5.32 Å². The highest BCUT2D eigenvalue weighted by atomic mass is 16.3. The van der Waals surface area contributed by atoms with Crippen molar-refractivity contribution in [3.05, 3.63) is 0 Å². The van der Waals surface area contributed by atoms with Crippen molar-refractivity contribution in [2.45, 2.75) is 156 Å². The lowest BCUT2D eigenvalue weighted by Crippen LogP contribution is -2.55. The second kappa shape index (κ2) is 17.7. The van der Waals surface area contributed by atoms with Gasteiger partial charge in [0.1, 0.15) is 0 Å². The van der Waals surface area contributed by atoms with Crippen LogP contribution in [0.1, 0.15) is 137 Å². The molecule has 0 aromatic carbocycles. The Kier molecular flexibility index (Phi) is 15.1. The summed E-state index contributed by atoms with van der Waals surface area (Å²) in [5.41, 5.74) is 0.0874. The summed E-state index contributed by atoms with van der Waals surface area (Å²) in [6.07, 6.45) is 15.1. The molecule has 0 spiro atoms. The van der Waals surface area contributed by atoms with E-state index in [-0.39, 0.29) is 35.6 Å². The number of hydrogen-bond acceptors (Lipinski definition) is 5. The van der Waals surface area contributed by atoms with E-state index in [4.69, 9.17) is 0 Å². The minimum absolute atomic E-state index is 0.0874.